The predicted molar refractivity (Wildman–Crippen MR) is 97.1 cm³/mol. The first-order valence-electron chi connectivity index (χ1n) is 8.86. The standard InChI is InChI=1S/C19H24N4O3/c1-2-23(13-19(24)25)16-9-15(10-16)22-11-14-3-5-17(6-4-14)26-18-12-20-7-8-21-18/h3-8,12,15-16,22H,2,9-11,13H2,1H3,(H,24,25). The molecule has 3 rings (SSSR count). The second-order valence-electron chi connectivity index (χ2n) is 6.45. The molecule has 26 heavy (non-hydrogen) atoms. The first-order valence-corrected chi connectivity index (χ1v) is 8.86. The molecule has 1 heterocycles. The second kappa shape index (κ2) is 8.73. The van der Waals surface area contributed by atoms with Crippen LogP contribution < -0.4 is 10.1 Å². The van der Waals surface area contributed by atoms with E-state index in [2.05, 4.69) is 15.3 Å². The van der Waals surface area contributed by atoms with Crippen LogP contribution in [0.4, 0.5) is 0 Å². The molecule has 0 saturated heterocycles. The van der Waals surface area contributed by atoms with E-state index in [1.807, 2.05) is 36.1 Å². The van der Waals surface area contributed by atoms with E-state index in [-0.39, 0.29) is 6.54 Å². The van der Waals surface area contributed by atoms with Gasteiger partial charge in [-0.3, -0.25) is 14.7 Å². The Balaban J connectivity index is 1.41. The lowest BCUT2D eigenvalue weighted by atomic mass is 9.85. The van der Waals surface area contributed by atoms with Gasteiger partial charge in [0.05, 0.1) is 12.7 Å². The van der Waals surface area contributed by atoms with Gasteiger partial charge >= 0.3 is 5.97 Å². The molecule has 0 spiro atoms. The normalized spacial score (nSPS) is 19.2. The molecular weight excluding hydrogens is 332 g/mol. The van der Waals surface area contributed by atoms with Crippen LogP contribution in [0.3, 0.4) is 0 Å². The molecule has 1 fully saturated rings. The van der Waals surface area contributed by atoms with Crippen molar-refractivity contribution < 1.29 is 14.6 Å². The molecular formula is C19H24N4O3. The van der Waals surface area contributed by atoms with Crippen molar-refractivity contribution in [1.29, 1.82) is 0 Å². The second-order valence-corrected chi connectivity index (χ2v) is 6.45. The van der Waals surface area contributed by atoms with Crippen LogP contribution >= 0.6 is 0 Å². The molecule has 1 aliphatic carbocycles. The minimum Gasteiger partial charge on any atom is -0.480 e. The highest BCUT2D eigenvalue weighted by molar-refractivity contribution is 5.69. The van der Waals surface area contributed by atoms with Crippen molar-refractivity contribution in [3.05, 3.63) is 48.4 Å². The van der Waals surface area contributed by atoms with Crippen molar-refractivity contribution >= 4 is 5.97 Å². The van der Waals surface area contributed by atoms with E-state index in [0.29, 0.717) is 18.0 Å². The largest absolute Gasteiger partial charge is 0.480 e. The molecule has 1 aromatic carbocycles. The molecule has 0 atom stereocenters. The molecule has 0 unspecified atom stereocenters. The van der Waals surface area contributed by atoms with Gasteiger partial charge in [0.2, 0.25) is 5.88 Å². The van der Waals surface area contributed by atoms with E-state index < -0.39 is 5.97 Å². The highest BCUT2D eigenvalue weighted by Gasteiger charge is 2.33. The van der Waals surface area contributed by atoms with Gasteiger partial charge in [-0.15, -0.1) is 0 Å². The number of aromatic nitrogens is 2. The zero-order valence-electron chi connectivity index (χ0n) is 14.8. The summed E-state index contributed by atoms with van der Waals surface area (Å²) in [7, 11) is 0. The number of likely N-dealkylation sites (N-methyl/N-ethyl adjacent to an activating group) is 1. The number of ether oxygens (including phenoxy) is 1. The summed E-state index contributed by atoms with van der Waals surface area (Å²) in [6, 6.07) is 8.70. The van der Waals surface area contributed by atoms with Gasteiger partial charge in [0.15, 0.2) is 0 Å². The fraction of sp³-hybridized carbons (Fsp3) is 0.421. The van der Waals surface area contributed by atoms with Crippen LogP contribution in [-0.4, -0.2) is 51.1 Å². The Morgan fingerprint density at radius 2 is 2.08 bits per heavy atom. The van der Waals surface area contributed by atoms with E-state index >= 15 is 0 Å². The van der Waals surface area contributed by atoms with Crippen molar-refractivity contribution in [1.82, 2.24) is 20.2 Å². The van der Waals surface area contributed by atoms with Crippen LogP contribution in [0.5, 0.6) is 11.6 Å². The number of nitrogens with zero attached hydrogens (tertiary/aromatic N) is 3. The van der Waals surface area contributed by atoms with Gasteiger partial charge < -0.3 is 15.2 Å². The Labute approximate surface area is 153 Å². The number of benzene rings is 1. The van der Waals surface area contributed by atoms with Gasteiger partial charge in [0.1, 0.15) is 5.75 Å². The first-order chi connectivity index (χ1) is 12.6. The van der Waals surface area contributed by atoms with E-state index in [9.17, 15) is 4.79 Å². The molecule has 1 aromatic heterocycles. The quantitative estimate of drug-likeness (QED) is 0.713. The van der Waals surface area contributed by atoms with Crippen LogP contribution in [0.25, 0.3) is 0 Å². The molecule has 0 aliphatic heterocycles. The van der Waals surface area contributed by atoms with Gasteiger partial charge in [-0.05, 0) is 37.1 Å². The number of aliphatic carboxylic acids is 1. The maximum Gasteiger partial charge on any atom is 0.317 e. The summed E-state index contributed by atoms with van der Waals surface area (Å²) in [6.45, 7) is 3.69. The minimum atomic E-state index is -0.757. The molecule has 7 nitrogen and oxygen atoms in total. The van der Waals surface area contributed by atoms with Crippen molar-refractivity contribution in [2.45, 2.75) is 38.4 Å². The van der Waals surface area contributed by atoms with Crippen LogP contribution in [0, 0.1) is 0 Å². The smallest absolute Gasteiger partial charge is 0.317 e. The van der Waals surface area contributed by atoms with Gasteiger partial charge in [0.25, 0.3) is 0 Å². The maximum absolute atomic E-state index is 10.9. The molecule has 7 heteroatoms. The maximum atomic E-state index is 10.9. The lowest BCUT2D eigenvalue weighted by Gasteiger charge is -2.42. The average molecular weight is 356 g/mol. The molecule has 1 aliphatic rings. The first kappa shape index (κ1) is 18.3. The fourth-order valence-electron chi connectivity index (χ4n) is 3.12. The van der Waals surface area contributed by atoms with Crippen molar-refractivity contribution in [3.63, 3.8) is 0 Å². The van der Waals surface area contributed by atoms with Gasteiger partial charge in [-0.25, -0.2) is 4.98 Å². The van der Waals surface area contributed by atoms with E-state index in [4.69, 9.17) is 9.84 Å². The summed E-state index contributed by atoms with van der Waals surface area (Å²) in [5.74, 6) is 0.443. The number of hydrogen-bond acceptors (Lipinski definition) is 6. The van der Waals surface area contributed by atoms with Crippen molar-refractivity contribution in [3.8, 4) is 11.6 Å². The third-order valence-electron chi connectivity index (χ3n) is 4.65. The Bertz CT molecular complexity index is 702. The zero-order chi connectivity index (χ0) is 18.4. The van der Waals surface area contributed by atoms with Crippen LogP contribution in [0.1, 0.15) is 25.3 Å². The summed E-state index contributed by atoms with van der Waals surface area (Å²) in [4.78, 5) is 21.0. The molecule has 0 radical (unpaired) electrons. The summed E-state index contributed by atoms with van der Waals surface area (Å²) < 4.78 is 5.63. The number of nitrogens with one attached hydrogen (secondary N) is 1. The highest BCUT2D eigenvalue weighted by Crippen LogP contribution is 2.26. The molecule has 1 saturated carbocycles. The Kier molecular flexibility index (Phi) is 6.14. The van der Waals surface area contributed by atoms with Crippen molar-refractivity contribution in [2.24, 2.45) is 0 Å². The van der Waals surface area contributed by atoms with Crippen LogP contribution in [0.15, 0.2) is 42.9 Å². The number of carboxylic acid groups (broad SMARTS) is 1. The van der Waals surface area contributed by atoms with Crippen molar-refractivity contribution in [2.75, 3.05) is 13.1 Å². The predicted octanol–water partition coefficient (Wildman–Crippen LogP) is 2.30. The Morgan fingerprint density at radius 3 is 2.69 bits per heavy atom. The Hall–Kier alpha value is -2.51. The number of carboxylic acids is 1. The lowest BCUT2D eigenvalue weighted by Crippen LogP contribution is -2.53. The van der Waals surface area contributed by atoms with Crippen LogP contribution in [-0.2, 0) is 11.3 Å². The SMILES string of the molecule is CCN(CC(=O)O)C1CC(NCc2ccc(Oc3cnccn3)cc2)C1. The Morgan fingerprint density at radius 1 is 1.31 bits per heavy atom. The average Bonchev–Trinajstić information content (AvgIpc) is 2.61. The molecule has 0 amide bonds. The summed E-state index contributed by atoms with van der Waals surface area (Å²) in [5.41, 5.74) is 1.18. The van der Waals surface area contributed by atoms with E-state index in [1.165, 1.54) is 5.56 Å². The monoisotopic (exact) mass is 356 g/mol. The highest BCUT2D eigenvalue weighted by atomic mass is 16.5. The molecule has 0 bridgehead atoms. The van der Waals surface area contributed by atoms with Crippen LogP contribution in [0.2, 0.25) is 0 Å². The summed E-state index contributed by atoms with van der Waals surface area (Å²) >= 11 is 0. The zero-order valence-corrected chi connectivity index (χ0v) is 14.8. The fourth-order valence-corrected chi connectivity index (χ4v) is 3.12. The lowest BCUT2D eigenvalue weighted by molar-refractivity contribution is -0.139. The molecule has 138 valence electrons. The molecule has 2 aromatic rings. The number of carbonyl (C=O) groups is 1. The van der Waals surface area contributed by atoms with E-state index in [1.54, 1.807) is 18.6 Å². The topological polar surface area (TPSA) is 87.6 Å². The van der Waals surface area contributed by atoms with Gasteiger partial charge in [-0.2, -0.15) is 0 Å². The third kappa shape index (κ3) is 5.00. The summed E-state index contributed by atoms with van der Waals surface area (Å²) in [6.07, 6.45) is 6.76. The van der Waals surface area contributed by atoms with E-state index in [0.717, 1.165) is 31.7 Å². The van der Waals surface area contributed by atoms with Gasteiger partial charge in [-0.1, -0.05) is 19.1 Å². The summed E-state index contributed by atoms with van der Waals surface area (Å²) in [5, 5.41) is 12.5. The number of hydrogen-bond donors (Lipinski definition) is 2. The number of rotatable bonds is 9. The minimum absolute atomic E-state index is 0.126. The molecule has 2 N–H and O–H groups in total. The third-order valence-corrected chi connectivity index (χ3v) is 4.65. The van der Waals surface area contributed by atoms with Gasteiger partial charge in [0, 0.05) is 31.0 Å².